The topological polar surface area (TPSA) is 122 Å². The molecule has 0 unspecified atom stereocenters. The predicted molar refractivity (Wildman–Crippen MR) is 138 cm³/mol. The number of aromatic nitrogens is 4. The fraction of sp³-hybridized carbons (Fsp3) is 0.259. The van der Waals surface area contributed by atoms with Gasteiger partial charge in [0.2, 0.25) is 0 Å². The molecule has 10 heteroatoms. The highest BCUT2D eigenvalue weighted by Gasteiger charge is 2.34. The van der Waals surface area contributed by atoms with Crippen molar-refractivity contribution in [1.82, 2.24) is 24.8 Å². The monoisotopic (exact) mass is 492 g/mol. The number of rotatable bonds is 4. The Kier molecular flexibility index (Phi) is 5.73. The molecule has 1 N–H and O–H groups in total. The van der Waals surface area contributed by atoms with Crippen LogP contribution in [0.2, 0.25) is 0 Å². The van der Waals surface area contributed by atoms with Crippen LogP contribution in [0.5, 0.6) is 0 Å². The number of fused-ring (bicyclic) bond motifs is 2. The van der Waals surface area contributed by atoms with E-state index in [1.807, 2.05) is 29.2 Å². The number of nitrogens with zero attached hydrogens (tertiary/aromatic N) is 7. The van der Waals surface area contributed by atoms with E-state index in [1.165, 1.54) is 6.33 Å². The second kappa shape index (κ2) is 9.35. The first-order valence-electron chi connectivity index (χ1n) is 12.2. The number of hydrogen-bond acceptors (Lipinski definition) is 7. The minimum Gasteiger partial charge on any atom is -0.355 e. The van der Waals surface area contributed by atoms with Gasteiger partial charge in [0.15, 0.2) is 5.82 Å². The molecule has 5 heterocycles. The summed E-state index contributed by atoms with van der Waals surface area (Å²) in [4.78, 5) is 47.2. The lowest BCUT2D eigenvalue weighted by atomic mass is 9.95. The zero-order valence-electron chi connectivity index (χ0n) is 20.0. The Morgan fingerprint density at radius 3 is 2.68 bits per heavy atom. The van der Waals surface area contributed by atoms with Crippen molar-refractivity contribution in [2.75, 3.05) is 29.4 Å². The highest BCUT2D eigenvalue weighted by atomic mass is 16.2. The molecule has 37 heavy (non-hydrogen) atoms. The number of piperidine rings is 1. The number of hydrogen-bond donors (Lipinski definition) is 1. The van der Waals surface area contributed by atoms with Gasteiger partial charge in [-0.05, 0) is 48.6 Å². The molecule has 2 aliphatic heterocycles. The van der Waals surface area contributed by atoms with Gasteiger partial charge < -0.3 is 14.8 Å². The molecule has 0 spiro atoms. The summed E-state index contributed by atoms with van der Waals surface area (Å²) in [6, 6.07) is 14.9. The Morgan fingerprint density at radius 2 is 1.84 bits per heavy atom. The average molecular weight is 493 g/mol. The van der Waals surface area contributed by atoms with E-state index in [0.717, 1.165) is 43.0 Å². The number of pyridine rings is 2. The van der Waals surface area contributed by atoms with Crippen LogP contribution in [0.25, 0.3) is 10.9 Å². The maximum Gasteiger partial charge on any atom is 0.329 e. The van der Waals surface area contributed by atoms with Crippen LogP contribution < -0.4 is 15.4 Å². The summed E-state index contributed by atoms with van der Waals surface area (Å²) in [5.41, 5.74) is 3.23. The van der Waals surface area contributed by atoms with E-state index in [-0.39, 0.29) is 17.3 Å². The molecule has 0 radical (unpaired) electrons. The molecule has 0 atom stereocenters. The third kappa shape index (κ3) is 4.14. The first-order chi connectivity index (χ1) is 18.1. The Labute approximate surface area is 212 Å². The highest BCUT2D eigenvalue weighted by molar-refractivity contribution is 6.01. The summed E-state index contributed by atoms with van der Waals surface area (Å²) >= 11 is 0. The van der Waals surface area contributed by atoms with Gasteiger partial charge in [-0.15, -0.1) is 0 Å². The van der Waals surface area contributed by atoms with E-state index in [0.29, 0.717) is 35.6 Å². The van der Waals surface area contributed by atoms with Gasteiger partial charge in [-0.3, -0.25) is 9.69 Å². The second-order valence-electron chi connectivity index (χ2n) is 9.33. The predicted octanol–water partition coefficient (Wildman–Crippen LogP) is 3.58. The number of benzene rings is 1. The van der Waals surface area contributed by atoms with E-state index in [4.69, 9.17) is 0 Å². The molecule has 2 aliphatic rings. The summed E-state index contributed by atoms with van der Waals surface area (Å²) in [5, 5.41) is 9.84. The molecule has 1 aromatic carbocycles. The second-order valence-corrected chi connectivity index (χ2v) is 9.33. The molecule has 2 amide bonds. The molecule has 0 saturated carbocycles. The molecule has 184 valence electrons. The first-order valence-corrected chi connectivity index (χ1v) is 12.2. The molecule has 1 fully saturated rings. The van der Waals surface area contributed by atoms with Gasteiger partial charge in [0.25, 0.3) is 5.56 Å². The van der Waals surface area contributed by atoms with Crippen molar-refractivity contribution in [3.8, 4) is 6.07 Å². The quantitative estimate of drug-likeness (QED) is 0.462. The van der Waals surface area contributed by atoms with Crippen molar-refractivity contribution < 1.29 is 4.79 Å². The van der Waals surface area contributed by atoms with Gasteiger partial charge in [-0.2, -0.15) is 5.26 Å². The fourth-order valence-corrected chi connectivity index (χ4v) is 5.25. The molecule has 3 aromatic heterocycles. The number of nitriles is 1. The number of para-hydroxylation sites is 1. The van der Waals surface area contributed by atoms with Crippen LogP contribution in [0.4, 0.5) is 22.0 Å². The maximum absolute atomic E-state index is 13.7. The molecule has 10 nitrogen and oxygen atoms in total. The number of H-pyrrole nitrogens is 1. The van der Waals surface area contributed by atoms with Crippen molar-refractivity contribution in [3.63, 3.8) is 0 Å². The lowest BCUT2D eigenvalue weighted by Crippen LogP contribution is -2.48. The largest absolute Gasteiger partial charge is 0.355 e. The zero-order valence-corrected chi connectivity index (χ0v) is 20.0. The average Bonchev–Trinajstić information content (AvgIpc) is 2.94. The van der Waals surface area contributed by atoms with E-state index < -0.39 is 0 Å². The van der Waals surface area contributed by atoms with Crippen molar-refractivity contribution in [3.05, 3.63) is 82.8 Å². The van der Waals surface area contributed by atoms with Gasteiger partial charge in [0.05, 0.1) is 23.1 Å². The van der Waals surface area contributed by atoms with E-state index in [2.05, 4.69) is 30.9 Å². The van der Waals surface area contributed by atoms with Crippen LogP contribution in [-0.2, 0) is 6.54 Å². The Morgan fingerprint density at radius 1 is 1.03 bits per heavy atom. The summed E-state index contributed by atoms with van der Waals surface area (Å²) in [6.07, 6.45) is 6.40. The maximum atomic E-state index is 13.7. The van der Waals surface area contributed by atoms with Crippen LogP contribution in [0.3, 0.4) is 0 Å². The van der Waals surface area contributed by atoms with Crippen LogP contribution in [0, 0.1) is 17.2 Å². The molecule has 1 saturated heterocycles. The zero-order chi connectivity index (χ0) is 25.4. The van der Waals surface area contributed by atoms with E-state index in [9.17, 15) is 14.9 Å². The van der Waals surface area contributed by atoms with Crippen LogP contribution in [-0.4, -0.2) is 50.5 Å². The first kappa shape index (κ1) is 22.7. The normalized spacial score (nSPS) is 16.1. The Balaban J connectivity index is 1.21. The Bertz CT molecular complexity index is 1590. The van der Waals surface area contributed by atoms with Crippen molar-refractivity contribution in [2.24, 2.45) is 5.92 Å². The fourth-order valence-electron chi connectivity index (χ4n) is 5.25. The van der Waals surface area contributed by atoms with Gasteiger partial charge in [0, 0.05) is 38.6 Å². The van der Waals surface area contributed by atoms with Crippen LogP contribution >= 0.6 is 0 Å². The minimum absolute atomic E-state index is 0.102. The van der Waals surface area contributed by atoms with Crippen LogP contribution in [0.1, 0.15) is 24.1 Å². The molecule has 0 bridgehead atoms. The smallest absolute Gasteiger partial charge is 0.329 e. The number of aromatic amines is 1. The lowest BCUT2D eigenvalue weighted by Gasteiger charge is -2.40. The molecular weight excluding hydrogens is 468 g/mol. The van der Waals surface area contributed by atoms with Crippen LogP contribution in [0.15, 0.2) is 66.0 Å². The summed E-state index contributed by atoms with van der Waals surface area (Å²) in [6.45, 7) is 2.71. The summed E-state index contributed by atoms with van der Waals surface area (Å²) < 4.78 is 0. The minimum atomic E-state index is -0.173. The van der Waals surface area contributed by atoms with E-state index >= 15 is 0 Å². The molecule has 4 aromatic rings. The third-order valence-corrected chi connectivity index (χ3v) is 7.10. The number of carbonyl (C=O) groups excluding carboxylic acids is 1. The number of nitrogens with one attached hydrogen (secondary N) is 1. The van der Waals surface area contributed by atoms with Gasteiger partial charge in [-0.1, -0.05) is 18.2 Å². The van der Waals surface area contributed by atoms with Gasteiger partial charge in [-0.25, -0.2) is 19.7 Å². The standard InChI is InChI=1S/C27H24N8O2/c28-14-20-13-21(5-9-29-20)35-23-4-2-1-3-19(23)16-34(27(35)37)15-18-7-11-33(12-8-18)25-24-22(6-10-30-25)26(36)32-17-31-24/h1-6,9-10,13,17-18H,7-8,11-12,15-16H2,(H,31,32,36). The number of anilines is 3. The molecule has 0 aliphatic carbocycles. The van der Waals surface area contributed by atoms with Gasteiger partial charge in [0.1, 0.15) is 17.3 Å². The number of amides is 2. The van der Waals surface area contributed by atoms with Crippen molar-refractivity contribution in [2.45, 2.75) is 19.4 Å². The SMILES string of the molecule is N#Cc1cc(N2C(=O)N(CC3CCN(c4nccc5c(=O)[nH]cnc45)CC3)Cc3ccccc32)ccn1. The highest BCUT2D eigenvalue weighted by Crippen LogP contribution is 2.36. The summed E-state index contributed by atoms with van der Waals surface area (Å²) in [5.74, 6) is 1.05. The van der Waals surface area contributed by atoms with Crippen molar-refractivity contribution >= 4 is 34.1 Å². The van der Waals surface area contributed by atoms with Gasteiger partial charge >= 0.3 is 6.03 Å². The third-order valence-electron chi connectivity index (χ3n) is 7.10. The van der Waals surface area contributed by atoms with E-state index in [1.54, 1.807) is 35.5 Å². The molecule has 6 rings (SSSR count). The molecular formula is C27H24N8O2. The summed E-state index contributed by atoms with van der Waals surface area (Å²) in [7, 11) is 0. The number of carbonyl (C=O) groups is 1. The Hall–Kier alpha value is -4.78. The number of urea groups is 1. The lowest BCUT2D eigenvalue weighted by molar-refractivity contribution is 0.184. The van der Waals surface area contributed by atoms with Crippen molar-refractivity contribution in [1.29, 1.82) is 5.26 Å².